The van der Waals surface area contributed by atoms with Gasteiger partial charge in [0.1, 0.15) is 23.4 Å². The van der Waals surface area contributed by atoms with Crippen molar-refractivity contribution in [2.75, 3.05) is 19.5 Å². The largest absolute Gasteiger partial charge is 0.497 e. The molecule has 0 unspecified atom stereocenters. The van der Waals surface area contributed by atoms with Crippen molar-refractivity contribution in [2.24, 2.45) is 0 Å². The number of methoxy groups -OCH3 is 2. The molecule has 2 aromatic rings. The summed E-state index contributed by atoms with van der Waals surface area (Å²) in [5, 5.41) is 2.60. The number of anilines is 1. The Hall–Kier alpha value is -3.14. The minimum absolute atomic E-state index is 0.0339. The van der Waals surface area contributed by atoms with Gasteiger partial charge in [0.2, 0.25) is 11.8 Å². The molecular weight excluding hydrogens is 403 g/mol. The predicted molar refractivity (Wildman–Crippen MR) is 102 cm³/mol. The number of nitrogens with zero attached hydrogens (tertiary/aromatic N) is 1. The summed E-state index contributed by atoms with van der Waals surface area (Å²) in [6.07, 6.45) is -0.0634. The molecule has 29 heavy (non-hydrogen) atoms. The van der Waals surface area contributed by atoms with Crippen LogP contribution >= 0.6 is 0 Å². The first-order valence-corrected chi connectivity index (χ1v) is 10.1. The Kier molecular flexibility index (Phi) is 5.73. The monoisotopic (exact) mass is 422 g/mol. The van der Waals surface area contributed by atoms with Crippen molar-refractivity contribution in [3.05, 3.63) is 48.3 Å². The van der Waals surface area contributed by atoms with Crippen molar-refractivity contribution in [2.45, 2.75) is 23.8 Å². The number of nitrogens with one attached hydrogen (secondary N) is 1. The maximum absolute atomic E-state index is 13.1. The third kappa shape index (κ3) is 4.16. The van der Waals surface area contributed by atoms with Gasteiger partial charge in [-0.1, -0.05) is 0 Å². The molecule has 0 bridgehead atoms. The number of halogens is 1. The molecule has 0 aliphatic carbocycles. The fourth-order valence-corrected chi connectivity index (χ4v) is 4.63. The molecule has 1 fully saturated rings. The molecule has 1 atom stereocenters. The summed E-state index contributed by atoms with van der Waals surface area (Å²) in [5.74, 6) is -1.12. The first-order valence-electron chi connectivity index (χ1n) is 8.63. The second-order valence-corrected chi connectivity index (χ2v) is 8.11. The summed E-state index contributed by atoms with van der Waals surface area (Å²) in [6.45, 7) is 0. The van der Waals surface area contributed by atoms with E-state index in [0.29, 0.717) is 21.5 Å². The molecule has 154 valence electrons. The molecule has 1 N–H and O–H groups in total. The van der Waals surface area contributed by atoms with Crippen molar-refractivity contribution in [3.8, 4) is 11.5 Å². The number of benzene rings is 2. The molecular formula is C19H19FN2O6S. The van der Waals surface area contributed by atoms with E-state index in [0.717, 1.165) is 24.3 Å². The number of sulfonamides is 1. The smallest absolute Gasteiger partial charge is 0.267 e. The summed E-state index contributed by atoms with van der Waals surface area (Å²) in [4.78, 5) is 24.8. The molecule has 8 nitrogen and oxygen atoms in total. The van der Waals surface area contributed by atoms with Crippen LogP contribution in [0.4, 0.5) is 10.1 Å². The number of ether oxygens (including phenoxy) is 2. The lowest BCUT2D eigenvalue weighted by Crippen LogP contribution is -2.45. The zero-order valence-electron chi connectivity index (χ0n) is 15.7. The van der Waals surface area contributed by atoms with E-state index < -0.39 is 33.7 Å². The average molecular weight is 422 g/mol. The maximum atomic E-state index is 13.1. The lowest BCUT2D eigenvalue weighted by Gasteiger charge is -2.24. The van der Waals surface area contributed by atoms with Gasteiger partial charge in [0.25, 0.3) is 10.0 Å². The number of rotatable bonds is 6. The lowest BCUT2D eigenvalue weighted by molar-refractivity contribution is -0.128. The zero-order chi connectivity index (χ0) is 21.2. The van der Waals surface area contributed by atoms with E-state index in [1.54, 1.807) is 6.07 Å². The van der Waals surface area contributed by atoms with Crippen molar-refractivity contribution >= 4 is 27.5 Å². The molecule has 1 aliphatic heterocycles. The molecule has 10 heteroatoms. The van der Waals surface area contributed by atoms with Gasteiger partial charge in [-0.05, 0) is 30.7 Å². The molecule has 3 rings (SSSR count). The number of carbonyl (C=O) groups is 2. The average Bonchev–Trinajstić information content (AvgIpc) is 3.10. The van der Waals surface area contributed by atoms with E-state index >= 15 is 0 Å². The summed E-state index contributed by atoms with van der Waals surface area (Å²) in [5.41, 5.74) is 0.324. The summed E-state index contributed by atoms with van der Waals surface area (Å²) < 4.78 is 49.8. The van der Waals surface area contributed by atoms with Gasteiger partial charge in [-0.25, -0.2) is 17.1 Å². The molecule has 0 aromatic heterocycles. The Morgan fingerprint density at radius 3 is 2.24 bits per heavy atom. The van der Waals surface area contributed by atoms with Crippen LogP contribution < -0.4 is 14.8 Å². The number of hydrogen-bond acceptors (Lipinski definition) is 6. The van der Waals surface area contributed by atoms with E-state index in [4.69, 9.17) is 9.47 Å². The minimum Gasteiger partial charge on any atom is -0.497 e. The van der Waals surface area contributed by atoms with Crippen LogP contribution in [-0.4, -0.2) is 44.8 Å². The summed E-state index contributed by atoms with van der Waals surface area (Å²) in [6, 6.07) is 7.52. The molecule has 0 radical (unpaired) electrons. The van der Waals surface area contributed by atoms with Gasteiger partial charge in [-0.2, -0.15) is 0 Å². The highest BCUT2D eigenvalue weighted by atomic mass is 32.2. The first-order chi connectivity index (χ1) is 13.8. The molecule has 0 saturated carbocycles. The van der Waals surface area contributed by atoms with Gasteiger partial charge in [-0.15, -0.1) is 0 Å². The van der Waals surface area contributed by atoms with Crippen LogP contribution in [0.15, 0.2) is 47.4 Å². The normalized spacial score (nSPS) is 16.6. The van der Waals surface area contributed by atoms with Crippen molar-refractivity contribution in [1.29, 1.82) is 0 Å². The van der Waals surface area contributed by atoms with Gasteiger partial charge in [-0.3, -0.25) is 9.59 Å². The van der Waals surface area contributed by atoms with Gasteiger partial charge in [0.15, 0.2) is 0 Å². The van der Waals surface area contributed by atoms with Crippen LogP contribution in [-0.2, 0) is 19.6 Å². The van der Waals surface area contributed by atoms with Crippen molar-refractivity contribution < 1.29 is 31.9 Å². The highest BCUT2D eigenvalue weighted by Gasteiger charge is 2.44. The quantitative estimate of drug-likeness (QED) is 0.766. The fraction of sp³-hybridized carbons (Fsp3) is 0.263. The highest BCUT2D eigenvalue weighted by Crippen LogP contribution is 2.30. The zero-order valence-corrected chi connectivity index (χ0v) is 16.5. The van der Waals surface area contributed by atoms with E-state index in [-0.39, 0.29) is 17.7 Å². The van der Waals surface area contributed by atoms with Crippen LogP contribution in [0.5, 0.6) is 11.5 Å². The van der Waals surface area contributed by atoms with Crippen LogP contribution in [0.3, 0.4) is 0 Å². The standard InChI is InChI=1S/C19H19FN2O6S/c1-27-14-9-13(10-15(11-14)28-2)21-19(24)17-7-8-18(23)22(17)29(25,26)16-5-3-12(20)4-6-16/h3-6,9-11,17H,7-8H2,1-2H3,(H,21,24)/t17-/m1/s1. The predicted octanol–water partition coefficient (Wildman–Crippen LogP) is 2.16. The van der Waals surface area contributed by atoms with Gasteiger partial charge < -0.3 is 14.8 Å². The van der Waals surface area contributed by atoms with Crippen LogP contribution in [0.25, 0.3) is 0 Å². The minimum atomic E-state index is -4.31. The maximum Gasteiger partial charge on any atom is 0.267 e. The third-order valence-electron chi connectivity index (χ3n) is 4.45. The van der Waals surface area contributed by atoms with E-state index in [1.165, 1.54) is 26.4 Å². The van der Waals surface area contributed by atoms with Gasteiger partial charge in [0.05, 0.1) is 19.1 Å². The number of hydrogen-bond donors (Lipinski definition) is 1. The van der Waals surface area contributed by atoms with Crippen molar-refractivity contribution in [1.82, 2.24) is 4.31 Å². The third-order valence-corrected chi connectivity index (χ3v) is 6.30. The van der Waals surface area contributed by atoms with E-state index in [1.807, 2.05) is 0 Å². The topological polar surface area (TPSA) is 102 Å². The lowest BCUT2D eigenvalue weighted by atomic mass is 10.2. The Morgan fingerprint density at radius 1 is 1.10 bits per heavy atom. The molecule has 1 saturated heterocycles. The fourth-order valence-electron chi connectivity index (χ4n) is 3.03. The number of amides is 2. The Labute approximate surface area is 167 Å². The number of carbonyl (C=O) groups excluding carboxylic acids is 2. The summed E-state index contributed by atoms with van der Waals surface area (Å²) in [7, 11) is -1.41. The van der Waals surface area contributed by atoms with Gasteiger partial charge in [0, 0.05) is 30.3 Å². The van der Waals surface area contributed by atoms with Gasteiger partial charge >= 0.3 is 0 Å². The van der Waals surface area contributed by atoms with Crippen LogP contribution in [0, 0.1) is 5.82 Å². The van der Waals surface area contributed by atoms with Crippen LogP contribution in [0.1, 0.15) is 12.8 Å². The van der Waals surface area contributed by atoms with E-state index in [2.05, 4.69) is 5.32 Å². The SMILES string of the molecule is COc1cc(NC(=O)[C@H]2CCC(=O)N2S(=O)(=O)c2ccc(F)cc2)cc(OC)c1. The highest BCUT2D eigenvalue weighted by molar-refractivity contribution is 7.89. The molecule has 0 spiro atoms. The second-order valence-electron chi connectivity index (χ2n) is 6.29. The van der Waals surface area contributed by atoms with Crippen molar-refractivity contribution in [3.63, 3.8) is 0 Å². The molecule has 2 aromatic carbocycles. The Morgan fingerprint density at radius 2 is 1.69 bits per heavy atom. The molecule has 1 heterocycles. The van der Waals surface area contributed by atoms with Crippen LogP contribution in [0.2, 0.25) is 0 Å². The molecule has 1 aliphatic rings. The van der Waals surface area contributed by atoms with E-state index in [9.17, 15) is 22.4 Å². The Balaban J connectivity index is 1.88. The molecule has 2 amide bonds. The second kappa shape index (κ2) is 8.08. The summed E-state index contributed by atoms with van der Waals surface area (Å²) >= 11 is 0. The first kappa shape index (κ1) is 20.6. The Bertz CT molecular complexity index is 1020.